The Hall–Kier alpha value is -1.91. The summed E-state index contributed by atoms with van der Waals surface area (Å²) in [6.07, 6.45) is 0. The molecule has 0 radical (unpaired) electrons. The molecule has 1 aromatic heterocycles. The van der Waals surface area contributed by atoms with Gasteiger partial charge in [-0.2, -0.15) is 0 Å². The molecule has 0 atom stereocenters. The Morgan fingerprint density at radius 3 is 3.05 bits per heavy atom. The monoisotopic (exact) mass is 365 g/mol. The van der Waals surface area contributed by atoms with Crippen LogP contribution in [-0.2, 0) is 0 Å². The van der Waals surface area contributed by atoms with Gasteiger partial charge in [-0.25, -0.2) is 0 Å². The summed E-state index contributed by atoms with van der Waals surface area (Å²) in [5.74, 6) is 6.21. The van der Waals surface area contributed by atoms with Crippen LogP contribution in [0.5, 0.6) is 5.75 Å². The van der Waals surface area contributed by atoms with Crippen molar-refractivity contribution in [2.45, 2.75) is 6.92 Å². The van der Waals surface area contributed by atoms with E-state index in [2.05, 4.69) is 42.7 Å². The molecular weight excluding hydrogens is 354 g/mol. The lowest BCUT2D eigenvalue weighted by molar-refractivity contribution is 0.0962. The summed E-state index contributed by atoms with van der Waals surface area (Å²) >= 11 is 4.44. The molecular formula is C14H12BrN3O2S. The van der Waals surface area contributed by atoms with Gasteiger partial charge in [-0.1, -0.05) is 38.3 Å². The van der Waals surface area contributed by atoms with Crippen LogP contribution >= 0.6 is 27.5 Å². The Kier molecular flexibility index (Phi) is 5.72. The van der Waals surface area contributed by atoms with Gasteiger partial charge in [-0.15, -0.1) is 5.10 Å². The van der Waals surface area contributed by atoms with E-state index in [9.17, 15) is 4.79 Å². The molecule has 0 spiro atoms. The molecule has 0 unspecified atom stereocenters. The van der Waals surface area contributed by atoms with Crippen LogP contribution in [0.3, 0.4) is 0 Å². The van der Waals surface area contributed by atoms with E-state index in [1.165, 1.54) is 0 Å². The van der Waals surface area contributed by atoms with Gasteiger partial charge in [-0.05, 0) is 36.7 Å². The van der Waals surface area contributed by atoms with E-state index in [1.54, 1.807) is 6.92 Å². The second-order valence-corrected chi connectivity index (χ2v) is 5.64. The van der Waals surface area contributed by atoms with Gasteiger partial charge in [0.2, 0.25) is 0 Å². The number of aryl methyl sites for hydroxylation is 1. The number of carbonyl (C=O) groups excluding carboxylic acids is 1. The van der Waals surface area contributed by atoms with E-state index in [4.69, 9.17) is 4.74 Å². The number of benzene rings is 1. The van der Waals surface area contributed by atoms with Gasteiger partial charge in [0, 0.05) is 4.47 Å². The number of rotatable bonds is 4. The minimum Gasteiger partial charge on any atom is -0.481 e. The van der Waals surface area contributed by atoms with E-state index in [-0.39, 0.29) is 19.1 Å². The highest BCUT2D eigenvalue weighted by atomic mass is 79.9. The fourth-order valence-corrected chi connectivity index (χ4v) is 2.39. The topological polar surface area (TPSA) is 64.1 Å². The van der Waals surface area contributed by atoms with Gasteiger partial charge < -0.3 is 10.1 Å². The zero-order chi connectivity index (χ0) is 15.1. The molecule has 1 N–H and O–H groups in total. The van der Waals surface area contributed by atoms with E-state index in [1.807, 2.05) is 24.3 Å². The second-order valence-electron chi connectivity index (χ2n) is 3.97. The first-order valence-electron chi connectivity index (χ1n) is 6.08. The van der Waals surface area contributed by atoms with Crippen molar-refractivity contribution in [3.8, 4) is 17.6 Å². The molecule has 7 heteroatoms. The lowest BCUT2D eigenvalue weighted by Crippen LogP contribution is -2.23. The quantitative estimate of drug-likeness (QED) is 0.845. The average molecular weight is 366 g/mol. The van der Waals surface area contributed by atoms with Gasteiger partial charge in [0.05, 0.1) is 12.2 Å². The third-order valence-electron chi connectivity index (χ3n) is 2.43. The van der Waals surface area contributed by atoms with Crippen LogP contribution in [0.1, 0.15) is 15.4 Å². The number of ether oxygens (including phenoxy) is 1. The van der Waals surface area contributed by atoms with Crippen molar-refractivity contribution in [2.75, 3.05) is 13.2 Å². The van der Waals surface area contributed by atoms with Crippen LogP contribution in [0.2, 0.25) is 0 Å². The van der Waals surface area contributed by atoms with Gasteiger partial charge in [-0.3, -0.25) is 4.79 Å². The first kappa shape index (κ1) is 15.5. The molecule has 5 nitrogen and oxygen atoms in total. The van der Waals surface area contributed by atoms with E-state index < -0.39 is 0 Å². The SMILES string of the molecule is Cc1nnsc1C(=O)NCC#CCOc1cccc(Br)c1. The molecule has 1 aromatic carbocycles. The molecule has 0 bridgehead atoms. The Morgan fingerprint density at radius 2 is 2.33 bits per heavy atom. The van der Waals surface area contributed by atoms with Gasteiger partial charge in [0.1, 0.15) is 17.2 Å². The zero-order valence-electron chi connectivity index (χ0n) is 11.2. The highest BCUT2D eigenvalue weighted by molar-refractivity contribution is 9.10. The zero-order valence-corrected chi connectivity index (χ0v) is 13.6. The molecule has 2 rings (SSSR count). The number of hydrogen-bond donors (Lipinski definition) is 1. The summed E-state index contributed by atoms with van der Waals surface area (Å²) in [4.78, 5) is 12.2. The number of amides is 1. The number of aromatic nitrogens is 2. The summed E-state index contributed by atoms with van der Waals surface area (Å²) in [6.45, 7) is 2.28. The van der Waals surface area contributed by atoms with Crippen molar-refractivity contribution in [3.63, 3.8) is 0 Å². The molecule has 2 aromatic rings. The molecule has 1 amide bonds. The summed E-state index contributed by atoms with van der Waals surface area (Å²) in [6, 6.07) is 7.53. The number of carbonyl (C=O) groups is 1. The maximum absolute atomic E-state index is 11.7. The van der Waals surface area contributed by atoms with Crippen LogP contribution in [0.15, 0.2) is 28.7 Å². The first-order chi connectivity index (χ1) is 10.2. The number of halogens is 1. The predicted octanol–water partition coefficient (Wildman–Crippen LogP) is 2.42. The lowest BCUT2D eigenvalue weighted by Gasteiger charge is -2.01. The number of hydrogen-bond acceptors (Lipinski definition) is 5. The summed E-state index contributed by atoms with van der Waals surface area (Å²) in [5, 5.41) is 6.47. The smallest absolute Gasteiger partial charge is 0.265 e. The molecule has 0 aliphatic carbocycles. The molecule has 21 heavy (non-hydrogen) atoms. The third-order valence-corrected chi connectivity index (χ3v) is 3.75. The Balaban J connectivity index is 1.72. The molecule has 0 aliphatic heterocycles. The Bertz CT molecular complexity index is 691. The highest BCUT2D eigenvalue weighted by Crippen LogP contribution is 2.17. The van der Waals surface area contributed by atoms with Crippen LogP contribution in [-0.4, -0.2) is 28.6 Å². The first-order valence-corrected chi connectivity index (χ1v) is 7.64. The van der Waals surface area contributed by atoms with Crippen molar-refractivity contribution in [1.29, 1.82) is 0 Å². The lowest BCUT2D eigenvalue weighted by atomic mass is 10.3. The van der Waals surface area contributed by atoms with E-state index in [0.29, 0.717) is 10.6 Å². The van der Waals surface area contributed by atoms with Crippen molar-refractivity contribution in [2.24, 2.45) is 0 Å². The van der Waals surface area contributed by atoms with Crippen molar-refractivity contribution in [3.05, 3.63) is 39.3 Å². The fourth-order valence-electron chi connectivity index (χ4n) is 1.43. The molecule has 0 saturated heterocycles. The predicted molar refractivity (Wildman–Crippen MR) is 84.4 cm³/mol. The van der Waals surface area contributed by atoms with Crippen LogP contribution in [0.4, 0.5) is 0 Å². The Labute approximate surface area is 135 Å². The number of nitrogens with one attached hydrogen (secondary N) is 1. The Morgan fingerprint density at radius 1 is 1.48 bits per heavy atom. The third kappa shape index (κ3) is 4.85. The van der Waals surface area contributed by atoms with Crippen LogP contribution in [0.25, 0.3) is 0 Å². The normalized spacial score (nSPS) is 9.62. The molecule has 0 fully saturated rings. The average Bonchev–Trinajstić information content (AvgIpc) is 2.89. The highest BCUT2D eigenvalue weighted by Gasteiger charge is 2.11. The van der Waals surface area contributed by atoms with Crippen molar-refractivity contribution in [1.82, 2.24) is 14.9 Å². The molecule has 0 saturated carbocycles. The van der Waals surface area contributed by atoms with Gasteiger partial charge in [0.25, 0.3) is 5.91 Å². The maximum Gasteiger partial charge on any atom is 0.265 e. The molecule has 0 aliphatic rings. The molecule has 108 valence electrons. The minimum atomic E-state index is -0.204. The summed E-state index contributed by atoms with van der Waals surface area (Å²) < 4.78 is 10.1. The van der Waals surface area contributed by atoms with Crippen molar-refractivity contribution >= 4 is 33.4 Å². The standard InChI is InChI=1S/C14H12BrN3O2S/c1-10-13(21-18-17-10)14(19)16-7-2-3-8-20-12-6-4-5-11(15)9-12/h4-6,9H,7-8H2,1H3,(H,16,19). The fraction of sp³-hybridized carbons (Fsp3) is 0.214. The largest absolute Gasteiger partial charge is 0.481 e. The summed E-state index contributed by atoms with van der Waals surface area (Å²) in [5.41, 5.74) is 0.628. The van der Waals surface area contributed by atoms with Gasteiger partial charge in [0.15, 0.2) is 0 Å². The summed E-state index contributed by atoms with van der Waals surface area (Å²) in [7, 11) is 0. The second kappa shape index (κ2) is 7.76. The van der Waals surface area contributed by atoms with Crippen molar-refractivity contribution < 1.29 is 9.53 Å². The maximum atomic E-state index is 11.7. The van der Waals surface area contributed by atoms with Crippen LogP contribution in [0, 0.1) is 18.8 Å². The van der Waals surface area contributed by atoms with Crippen LogP contribution < -0.4 is 10.1 Å². The van der Waals surface area contributed by atoms with E-state index >= 15 is 0 Å². The van der Waals surface area contributed by atoms with Gasteiger partial charge >= 0.3 is 0 Å². The molecule has 1 heterocycles. The van der Waals surface area contributed by atoms with E-state index in [0.717, 1.165) is 21.8 Å². The number of nitrogens with zero attached hydrogens (tertiary/aromatic N) is 2. The minimum absolute atomic E-state index is 0.204.